The molecule has 1 heterocycles. The predicted octanol–water partition coefficient (Wildman–Crippen LogP) is -0.190. The molecule has 0 radical (unpaired) electrons. The van der Waals surface area contributed by atoms with Crippen LogP contribution in [-0.4, -0.2) is 49.6 Å². The third-order valence-corrected chi connectivity index (χ3v) is 2.88. The molecule has 4 heteroatoms. The molecule has 0 bridgehead atoms. The Morgan fingerprint density at radius 3 is 2.88 bits per heavy atom. The van der Waals surface area contributed by atoms with Crippen molar-refractivity contribution < 1.29 is 4.79 Å². The van der Waals surface area contributed by atoms with Crippen molar-refractivity contribution in [3.05, 3.63) is 0 Å². The lowest BCUT2D eigenvalue weighted by atomic mass is 10.2. The van der Waals surface area contributed by atoms with Gasteiger partial charge in [0.05, 0.1) is 6.04 Å². The molecule has 0 saturated carbocycles. The Balaban J connectivity index is 2.21. The van der Waals surface area contributed by atoms with Crippen LogP contribution >= 0.6 is 0 Å². The fraction of sp³-hybridized carbons (Fsp3) is 0.750. The second-order valence-corrected chi connectivity index (χ2v) is 4.06. The first kappa shape index (κ1) is 13.0. The van der Waals surface area contributed by atoms with Gasteiger partial charge in [-0.3, -0.25) is 9.69 Å². The number of rotatable bonds is 5. The summed E-state index contributed by atoms with van der Waals surface area (Å²) < 4.78 is 0. The maximum Gasteiger partial charge on any atom is 0.237 e. The Bertz CT molecular complexity index is 253. The highest BCUT2D eigenvalue weighted by molar-refractivity contribution is 5.81. The maximum absolute atomic E-state index is 11.8. The summed E-state index contributed by atoms with van der Waals surface area (Å²) in [6, 6.07) is -0.0343. The van der Waals surface area contributed by atoms with E-state index in [1.54, 1.807) is 0 Å². The van der Waals surface area contributed by atoms with Crippen molar-refractivity contribution in [1.29, 1.82) is 0 Å². The lowest BCUT2D eigenvalue weighted by Crippen LogP contribution is -2.52. The minimum Gasteiger partial charge on any atom is -0.355 e. The van der Waals surface area contributed by atoms with E-state index in [1.807, 2.05) is 6.92 Å². The molecule has 0 aromatic heterocycles. The average molecular weight is 223 g/mol. The minimum atomic E-state index is -0.0343. The quantitative estimate of drug-likeness (QED) is 0.501. The third-order valence-electron chi connectivity index (χ3n) is 2.88. The van der Waals surface area contributed by atoms with Gasteiger partial charge in [0, 0.05) is 39.1 Å². The fourth-order valence-corrected chi connectivity index (χ4v) is 1.78. The highest BCUT2D eigenvalue weighted by Crippen LogP contribution is 2.00. The maximum atomic E-state index is 11.8. The first-order chi connectivity index (χ1) is 7.75. The number of amides is 1. The van der Waals surface area contributed by atoms with Crippen molar-refractivity contribution in [1.82, 2.24) is 15.5 Å². The third kappa shape index (κ3) is 4.21. The molecular weight excluding hydrogens is 202 g/mol. The molecule has 1 fully saturated rings. The molecule has 1 amide bonds. The Kier molecular flexibility index (Phi) is 5.91. The average Bonchev–Trinajstić information content (AvgIpc) is 2.34. The van der Waals surface area contributed by atoms with Crippen LogP contribution in [0.15, 0.2) is 0 Å². The van der Waals surface area contributed by atoms with Crippen molar-refractivity contribution in [2.45, 2.75) is 25.8 Å². The largest absolute Gasteiger partial charge is 0.355 e. The van der Waals surface area contributed by atoms with E-state index in [2.05, 4.69) is 21.5 Å². The van der Waals surface area contributed by atoms with Gasteiger partial charge < -0.3 is 10.6 Å². The van der Waals surface area contributed by atoms with E-state index in [1.165, 1.54) is 0 Å². The molecule has 1 atom stereocenters. The molecule has 1 rings (SSSR count). The van der Waals surface area contributed by atoms with Gasteiger partial charge in [0.1, 0.15) is 0 Å². The standard InChI is InChI=1S/C12H21N3O/c1-3-4-5-6-14-12(16)11(2)15-9-7-13-8-10-15/h1,11,13H,4-10H2,2H3,(H,14,16). The number of unbranched alkanes of at least 4 members (excludes halogenated alkanes) is 1. The Hall–Kier alpha value is -1.05. The van der Waals surface area contributed by atoms with Crippen LogP contribution in [0.1, 0.15) is 19.8 Å². The summed E-state index contributed by atoms with van der Waals surface area (Å²) in [5, 5.41) is 6.19. The Morgan fingerprint density at radius 2 is 2.25 bits per heavy atom. The van der Waals surface area contributed by atoms with Crippen molar-refractivity contribution in [2.24, 2.45) is 0 Å². The van der Waals surface area contributed by atoms with Crippen LogP contribution in [0.2, 0.25) is 0 Å². The Morgan fingerprint density at radius 1 is 1.56 bits per heavy atom. The molecule has 1 saturated heterocycles. The van der Waals surface area contributed by atoms with Gasteiger partial charge in [-0.25, -0.2) is 0 Å². The van der Waals surface area contributed by atoms with E-state index in [-0.39, 0.29) is 11.9 Å². The van der Waals surface area contributed by atoms with Crippen LogP contribution in [0.4, 0.5) is 0 Å². The highest BCUT2D eigenvalue weighted by Gasteiger charge is 2.21. The summed E-state index contributed by atoms with van der Waals surface area (Å²) in [4.78, 5) is 14.0. The molecule has 16 heavy (non-hydrogen) atoms. The Labute approximate surface area is 97.8 Å². The summed E-state index contributed by atoms with van der Waals surface area (Å²) in [5.74, 6) is 2.67. The molecule has 0 spiro atoms. The van der Waals surface area contributed by atoms with Crippen molar-refractivity contribution in [3.63, 3.8) is 0 Å². The van der Waals surface area contributed by atoms with Gasteiger partial charge in [-0.15, -0.1) is 12.3 Å². The number of hydrogen-bond acceptors (Lipinski definition) is 3. The van der Waals surface area contributed by atoms with Crippen LogP contribution < -0.4 is 10.6 Å². The number of nitrogens with zero attached hydrogens (tertiary/aromatic N) is 1. The molecule has 90 valence electrons. The summed E-state index contributed by atoms with van der Waals surface area (Å²) in [6.45, 7) is 6.46. The number of piperazine rings is 1. The first-order valence-electron chi connectivity index (χ1n) is 5.91. The monoisotopic (exact) mass is 223 g/mol. The van der Waals surface area contributed by atoms with E-state index < -0.39 is 0 Å². The van der Waals surface area contributed by atoms with Crippen molar-refractivity contribution >= 4 is 5.91 Å². The van der Waals surface area contributed by atoms with E-state index >= 15 is 0 Å². The van der Waals surface area contributed by atoms with Gasteiger partial charge in [-0.05, 0) is 13.3 Å². The zero-order chi connectivity index (χ0) is 11.8. The van der Waals surface area contributed by atoms with E-state index in [0.29, 0.717) is 6.54 Å². The number of nitrogens with one attached hydrogen (secondary N) is 2. The van der Waals surface area contributed by atoms with Crippen molar-refractivity contribution in [3.8, 4) is 12.3 Å². The number of hydrogen-bond donors (Lipinski definition) is 2. The SMILES string of the molecule is C#CCCCNC(=O)C(C)N1CCNCC1. The summed E-state index contributed by atoms with van der Waals surface area (Å²) >= 11 is 0. The lowest BCUT2D eigenvalue weighted by molar-refractivity contribution is -0.126. The van der Waals surface area contributed by atoms with Gasteiger partial charge in [-0.2, -0.15) is 0 Å². The van der Waals surface area contributed by atoms with Crippen molar-refractivity contribution in [2.75, 3.05) is 32.7 Å². The van der Waals surface area contributed by atoms with E-state index in [0.717, 1.165) is 39.0 Å². The van der Waals surface area contributed by atoms with Gasteiger partial charge in [0.25, 0.3) is 0 Å². The van der Waals surface area contributed by atoms with Crippen LogP contribution in [0.25, 0.3) is 0 Å². The molecule has 0 aromatic rings. The first-order valence-corrected chi connectivity index (χ1v) is 5.91. The van der Waals surface area contributed by atoms with Crippen LogP contribution in [-0.2, 0) is 4.79 Å². The van der Waals surface area contributed by atoms with Gasteiger partial charge in [0.2, 0.25) is 5.91 Å². The smallest absolute Gasteiger partial charge is 0.237 e. The van der Waals surface area contributed by atoms with Crippen LogP contribution in [0.5, 0.6) is 0 Å². The molecular formula is C12H21N3O. The van der Waals surface area contributed by atoms with E-state index in [9.17, 15) is 4.79 Å². The summed E-state index contributed by atoms with van der Waals surface area (Å²) in [6.07, 6.45) is 6.73. The molecule has 0 aliphatic carbocycles. The van der Waals surface area contributed by atoms with Crippen LogP contribution in [0, 0.1) is 12.3 Å². The second-order valence-electron chi connectivity index (χ2n) is 4.06. The number of terminal acetylenes is 1. The van der Waals surface area contributed by atoms with Gasteiger partial charge >= 0.3 is 0 Å². The molecule has 2 N–H and O–H groups in total. The topological polar surface area (TPSA) is 44.4 Å². The predicted molar refractivity (Wildman–Crippen MR) is 65.0 cm³/mol. The van der Waals surface area contributed by atoms with Gasteiger partial charge in [0.15, 0.2) is 0 Å². The fourth-order valence-electron chi connectivity index (χ4n) is 1.78. The second kappa shape index (κ2) is 7.26. The molecule has 0 aromatic carbocycles. The molecule has 1 aliphatic heterocycles. The number of carbonyl (C=O) groups excluding carboxylic acids is 1. The zero-order valence-electron chi connectivity index (χ0n) is 9.96. The normalized spacial score (nSPS) is 18.8. The van der Waals surface area contributed by atoms with Crippen LogP contribution in [0.3, 0.4) is 0 Å². The molecule has 1 aliphatic rings. The highest BCUT2D eigenvalue weighted by atomic mass is 16.2. The summed E-state index contributed by atoms with van der Waals surface area (Å²) in [7, 11) is 0. The lowest BCUT2D eigenvalue weighted by Gasteiger charge is -2.31. The number of carbonyl (C=O) groups is 1. The van der Waals surface area contributed by atoms with Gasteiger partial charge in [-0.1, -0.05) is 0 Å². The minimum absolute atomic E-state index is 0.0343. The molecule has 4 nitrogen and oxygen atoms in total. The molecule has 1 unspecified atom stereocenters. The summed E-state index contributed by atoms with van der Waals surface area (Å²) in [5.41, 5.74) is 0. The zero-order valence-corrected chi connectivity index (χ0v) is 9.96. The van der Waals surface area contributed by atoms with E-state index in [4.69, 9.17) is 6.42 Å².